The molecule has 6 nitrogen and oxygen atoms in total. The summed E-state index contributed by atoms with van der Waals surface area (Å²) in [5, 5.41) is 10.2. The number of hydrogen-bond donors (Lipinski definition) is 1. The summed E-state index contributed by atoms with van der Waals surface area (Å²) in [4.78, 5) is 2.60. The lowest BCUT2D eigenvalue weighted by Crippen LogP contribution is -2.50. The maximum atomic E-state index is 13.2. The van der Waals surface area contributed by atoms with E-state index in [1.807, 2.05) is 18.2 Å². The number of nitrogens with zero attached hydrogens (tertiary/aromatic N) is 2. The van der Waals surface area contributed by atoms with Gasteiger partial charge in [-0.1, -0.05) is 36.4 Å². The van der Waals surface area contributed by atoms with Crippen LogP contribution in [0.25, 0.3) is 0 Å². The van der Waals surface area contributed by atoms with E-state index in [0.717, 1.165) is 19.6 Å². The van der Waals surface area contributed by atoms with Crippen molar-refractivity contribution in [3.8, 4) is 5.75 Å². The zero-order valence-electron chi connectivity index (χ0n) is 16.7. The topological polar surface area (TPSA) is 70.1 Å². The van der Waals surface area contributed by atoms with Crippen molar-refractivity contribution in [2.24, 2.45) is 11.3 Å². The Morgan fingerprint density at radius 1 is 1.14 bits per heavy atom. The largest absolute Gasteiger partial charge is 0.497 e. The summed E-state index contributed by atoms with van der Waals surface area (Å²) in [6, 6.07) is 16.9. The number of aliphatic hydroxyl groups excluding tert-OH is 1. The molecule has 2 aromatic carbocycles. The van der Waals surface area contributed by atoms with E-state index in [2.05, 4.69) is 17.0 Å². The second-order valence-electron chi connectivity index (χ2n) is 8.16. The van der Waals surface area contributed by atoms with Gasteiger partial charge in [-0.15, -0.1) is 0 Å². The van der Waals surface area contributed by atoms with Gasteiger partial charge < -0.3 is 9.84 Å². The van der Waals surface area contributed by atoms with Crippen molar-refractivity contribution in [2.75, 3.05) is 39.9 Å². The van der Waals surface area contributed by atoms with Gasteiger partial charge in [-0.05, 0) is 30.0 Å². The predicted molar refractivity (Wildman–Crippen MR) is 111 cm³/mol. The lowest BCUT2D eigenvalue weighted by Gasteiger charge is -2.41. The molecule has 2 aromatic rings. The maximum absolute atomic E-state index is 13.2. The SMILES string of the molecule is COc1cccc(S(=O)(=O)N2CC[C@@]3(CO)CN(Cc4ccccc4)C[C@H]3C2)c1. The monoisotopic (exact) mass is 416 g/mol. The number of likely N-dealkylation sites (tertiary alicyclic amines) is 1. The molecule has 1 N–H and O–H groups in total. The molecule has 2 aliphatic rings. The second-order valence-corrected chi connectivity index (χ2v) is 10.1. The zero-order chi connectivity index (χ0) is 20.5. The second kappa shape index (κ2) is 8.07. The van der Waals surface area contributed by atoms with Gasteiger partial charge in [0.05, 0.1) is 18.6 Å². The Labute approximate surface area is 172 Å². The quantitative estimate of drug-likeness (QED) is 0.782. The summed E-state index contributed by atoms with van der Waals surface area (Å²) in [5.41, 5.74) is 1.01. The molecule has 29 heavy (non-hydrogen) atoms. The lowest BCUT2D eigenvalue weighted by molar-refractivity contribution is 0.0436. The van der Waals surface area contributed by atoms with Crippen LogP contribution in [-0.2, 0) is 16.6 Å². The van der Waals surface area contributed by atoms with Crippen molar-refractivity contribution in [2.45, 2.75) is 17.9 Å². The van der Waals surface area contributed by atoms with E-state index in [1.165, 1.54) is 12.7 Å². The first-order valence-electron chi connectivity index (χ1n) is 9.98. The Bertz CT molecular complexity index is 950. The van der Waals surface area contributed by atoms with Crippen LogP contribution in [0.5, 0.6) is 5.75 Å². The molecule has 2 fully saturated rings. The fourth-order valence-corrected chi connectivity index (χ4v) is 6.23. The van der Waals surface area contributed by atoms with Gasteiger partial charge in [-0.3, -0.25) is 4.90 Å². The Kier molecular flexibility index (Phi) is 5.66. The van der Waals surface area contributed by atoms with Gasteiger partial charge in [0.15, 0.2) is 0 Å². The Hall–Kier alpha value is -1.93. The first-order valence-corrected chi connectivity index (χ1v) is 11.4. The Morgan fingerprint density at radius 2 is 1.93 bits per heavy atom. The summed E-state index contributed by atoms with van der Waals surface area (Å²) >= 11 is 0. The molecule has 0 aliphatic carbocycles. The van der Waals surface area contributed by atoms with Crippen LogP contribution in [0.3, 0.4) is 0 Å². The van der Waals surface area contributed by atoms with Crippen LogP contribution >= 0.6 is 0 Å². The minimum Gasteiger partial charge on any atom is -0.497 e. The number of methoxy groups -OCH3 is 1. The summed E-state index contributed by atoms with van der Waals surface area (Å²) in [6.07, 6.45) is 0.669. The number of rotatable bonds is 6. The van der Waals surface area contributed by atoms with E-state index >= 15 is 0 Å². The van der Waals surface area contributed by atoms with Gasteiger partial charge in [0.2, 0.25) is 10.0 Å². The van der Waals surface area contributed by atoms with E-state index in [-0.39, 0.29) is 22.8 Å². The summed E-state index contributed by atoms with van der Waals surface area (Å²) < 4.78 is 33.2. The van der Waals surface area contributed by atoms with Crippen LogP contribution in [0.1, 0.15) is 12.0 Å². The van der Waals surface area contributed by atoms with Gasteiger partial charge in [0, 0.05) is 44.2 Å². The maximum Gasteiger partial charge on any atom is 0.243 e. The van der Waals surface area contributed by atoms with Crippen LogP contribution in [-0.4, -0.2) is 62.6 Å². The van der Waals surface area contributed by atoms with E-state index in [0.29, 0.717) is 25.3 Å². The van der Waals surface area contributed by atoms with E-state index in [9.17, 15) is 13.5 Å². The minimum absolute atomic E-state index is 0.0933. The van der Waals surface area contributed by atoms with Crippen molar-refractivity contribution in [1.82, 2.24) is 9.21 Å². The van der Waals surface area contributed by atoms with E-state index < -0.39 is 10.0 Å². The van der Waals surface area contributed by atoms with Crippen LogP contribution < -0.4 is 4.74 Å². The number of piperidine rings is 1. The van der Waals surface area contributed by atoms with Gasteiger partial charge in [-0.25, -0.2) is 8.42 Å². The van der Waals surface area contributed by atoms with Crippen molar-refractivity contribution in [3.63, 3.8) is 0 Å². The Balaban J connectivity index is 1.52. The van der Waals surface area contributed by atoms with Crippen LogP contribution in [0.2, 0.25) is 0 Å². The average molecular weight is 417 g/mol. The molecule has 2 heterocycles. The number of fused-ring (bicyclic) bond motifs is 1. The van der Waals surface area contributed by atoms with Crippen LogP contribution in [0.15, 0.2) is 59.5 Å². The first-order chi connectivity index (χ1) is 14.0. The third-order valence-corrected chi connectivity index (χ3v) is 8.27. The fraction of sp³-hybridized carbons (Fsp3) is 0.455. The van der Waals surface area contributed by atoms with Gasteiger partial charge >= 0.3 is 0 Å². The molecule has 0 amide bonds. The molecule has 0 spiro atoms. The standard InChI is InChI=1S/C22H28N2O4S/c1-28-20-8-5-9-21(12-20)29(26,27)24-11-10-22(17-25)16-23(14-19(22)15-24)13-18-6-3-2-4-7-18/h2-9,12,19,25H,10-11,13-17H2,1H3/t19-,22-/m0/s1. The number of benzene rings is 2. The van der Waals surface area contributed by atoms with Crippen molar-refractivity contribution < 1.29 is 18.3 Å². The highest BCUT2D eigenvalue weighted by atomic mass is 32.2. The predicted octanol–water partition coefficient (Wildman–Crippen LogP) is 2.20. The van der Waals surface area contributed by atoms with Crippen LogP contribution in [0.4, 0.5) is 0 Å². The molecule has 0 bridgehead atoms. The van der Waals surface area contributed by atoms with Gasteiger partial charge in [-0.2, -0.15) is 4.31 Å². The summed E-state index contributed by atoms with van der Waals surface area (Å²) in [6.45, 7) is 3.37. The molecule has 2 aliphatic heterocycles. The molecule has 156 valence electrons. The molecule has 0 unspecified atom stereocenters. The molecule has 4 rings (SSSR count). The summed E-state index contributed by atoms with van der Waals surface area (Å²) in [5.74, 6) is 0.646. The minimum atomic E-state index is -3.59. The van der Waals surface area contributed by atoms with E-state index in [1.54, 1.807) is 28.6 Å². The number of sulfonamides is 1. The number of ether oxygens (including phenoxy) is 1. The van der Waals surface area contributed by atoms with Crippen molar-refractivity contribution in [1.29, 1.82) is 0 Å². The van der Waals surface area contributed by atoms with Crippen LogP contribution in [0, 0.1) is 11.3 Å². The highest BCUT2D eigenvalue weighted by Crippen LogP contribution is 2.44. The molecular weight excluding hydrogens is 388 g/mol. The normalized spacial score (nSPS) is 25.7. The molecule has 7 heteroatoms. The molecular formula is C22H28N2O4S. The van der Waals surface area contributed by atoms with Crippen molar-refractivity contribution >= 4 is 10.0 Å². The third-order valence-electron chi connectivity index (χ3n) is 6.41. The zero-order valence-corrected chi connectivity index (χ0v) is 17.5. The van der Waals surface area contributed by atoms with E-state index in [4.69, 9.17) is 4.74 Å². The molecule has 2 atom stereocenters. The van der Waals surface area contributed by atoms with Crippen molar-refractivity contribution in [3.05, 3.63) is 60.2 Å². The highest BCUT2D eigenvalue weighted by Gasteiger charge is 2.50. The molecule has 0 saturated carbocycles. The molecule has 0 aromatic heterocycles. The Morgan fingerprint density at radius 3 is 2.66 bits per heavy atom. The summed E-state index contributed by atoms with van der Waals surface area (Å²) in [7, 11) is -2.06. The first kappa shape index (κ1) is 20.3. The highest BCUT2D eigenvalue weighted by molar-refractivity contribution is 7.89. The number of aliphatic hydroxyl groups is 1. The fourth-order valence-electron chi connectivity index (χ4n) is 4.71. The number of hydrogen-bond acceptors (Lipinski definition) is 5. The molecule has 0 radical (unpaired) electrons. The smallest absolute Gasteiger partial charge is 0.243 e. The third kappa shape index (κ3) is 3.92. The lowest BCUT2D eigenvalue weighted by atomic mass is 9.74. The molecule has 2 saturated heterocycles. The average Bonchev–Trinajstić information content (AvgIpc) is 3.12. The van der Waals surface area contributed by atoms with Gasteiger partial charge in [0.1, 0.15) is 5.75 Å². The van der Waals surface area contributed by atoms with Gasteiger partial charge in [0.25, 0.3) is 0 Å².